The molecule has 0 amide bonds. The summed E-state index contributed by atoms with van der Waals surface area (Å²) in [5, 5.41) is 3.48. The zero-order chi connectivity index (χ0) is 15.2. The molecule has 21 heavy (non-hydrogen) atoms. The smallest absolute Gasteiger partial charge is 0.0208 e. The lowest BCUT2D eigenvalue weighted by atomic mass is 9.97. The fourth-order valence-electron chi connectivity index (χ4n) is 2.53. The molecule has 0 aliphatic rings. The van der Waals surface area contributed by atoms with Crippen LogP contribution in [-0.2, 0) is 13.0 Å². The van der Waals surface area contributed by atoms with Crippen molar-refractivity contribution in [1.29, 1.82) is 0 Å². The molecule has 1 nitrogen and oxygen atoms in total. The van der Waals surface area contributed by atoms with Gasteiger partial charge in [-0.2, -0.15) is 0 Å². The van der Waals surface area contributed by atoms with E-state index in [0.717, 1.165) is 13.0 Å². The second-order valence-corrected chi connectivity index (χ2v) is 6.53. The summed E-state index contributed by atoms with van der Waals surface area (Å²) >= 11 is 0. The molecule has 2 aromatic carbocycles. The number of nitrogens with one attached hydrogen (secondary N) is 1. The Kier molecular flexibility index (Phi) is 5.58. The van der Waals surface area contributed by atoms with Gasteiger partial charge in [0.1, 0.15) is 0 Å². The van der Waals surface area contributed by atoms with Crippen LogP contribution in [0.15, 0.2) is 48.5 Å². The van der Waals surface area contributed by atoms with E-state index in [2.05, 4.69) is 81.5 Å². The second kappa shape index (κ2) is 7.42. The van der Waals surface area contributed by atoms with E-state index >= 15 is 0 Å². The van der Waals surface area contributed by atoms with E-state index in [9.17, 15) is 0 Å². The van der Waals surface area contributed by atoms with Gasteiger partial charge in [0.05, 0.1) is 0 Å². The summed E-state index contributed by atoms with van der Waals surface area (Å²) in [6.45, 7) is 9.82. The zero-order valence-corrected chi connectivity index (χ0v) is 13.7. The van der Waals surface area contributed by atoms with Crippen molar-refractivity contribution in [2.24, 2.45) is 5.92 Å². The van der Waals surface area contributed by atoms with E-state index in [-0.39, 0.29) is 0 Å². The average Bonchev–Trinajstić information content (AvgIpc) is 2.45. The molecule has 112 valence electrons. The van der Waals surface area contributed by atoms with Gasteiger partial charge in [-0.25, -0.2) is 0 Å². The lowest BCUT2D eigenvalue weighted by Gasteiger charge is -2.11. The first-order valence-corrected chi connectivity index (χ1v) is 7.96. The van der Waals surface area contributed by atoms with Gasteiger partial charge in [0.15, 0.2) is 0 Å². The first-order valence-electron chi connectivity index (χ1n) is 7.96. The zero-order valence-electron chi connectivity index (χ0n) is 13.7. The molecule has 0 aliphatic heterocycles. The Hall–Kier alpha value is -1.60. The summed E-state index contributed by atoms with van der Waals surface area (Å²) in [7, 11) is 0. The van der Waals surface area contributed by atoms with Crippen LogP contribution in [0.25, 0.3) is 11.1 Å². The normalized spacial score (nSPS) is 11.3. The number of hydrogen-bond donors (Lipinski definition) is 1. The Morgan fingerprint density at radius 2 is 1.38 bits per heavy atom. The van der Waals surface area contributed by atoms with Crippen molar-refractivity contribution in [2.45, 2.75) is 46.7 Å². The van der Waals surface area contributed by atoms with Crippen LogP contribution in [0.1, 0.15) is 38.8 Å². The summed E-state index contributed by atoms with van der Waals surface area (Å²) in [6.07, 6.45) is 1.14. The van der Waals surface area contributed by atoms with E-state index in [1.807, 2.05) is 0 Å². The molecule has 2 rings (SSSR count). The van der Waals surface area contributed by atoms with Crippen LogP contribution in [0.3, 0.4) is 0 Å². The van der Waals surface area contributed by atoms with Gasteiger partial charge >= 0.3 is 0 Å². The largest absolute Gasteiger partial charge is 0.310 e. The molecule has 1 heteroatoms. The molecular formula is C20H27N. The van der Waals surface area contributed by atoms with E-state index in [4.69, 9.17) is 0 Å². The SMILES string of the molecule is CC(C)Cc1cccc(-c2cccc(CNC(C)C)c2)c1. The van der Waals surface area contributed by atoms with Crippen LogP contribution in [0.2, 0.25) is 0 Å². The Bertz CT molecular complexity index is 570. The topological polar surface area (TPSA) is 12.0 Å². The van der Waals surface area contributed by atoms with E-state index in [1.54, 1.807) is 0 Å². The van der Waals surface area contributed by atoms with Crippen LogP contribution in [-0.4, -0.2) is 6.04 Å². The van der Waals surface area contributed by atoms with Crippen molar-refractivity contribution in [3.05, 3.63) is 59.7 Å². The number of rotatable bonds is 6. The van der Waals surface area contributed by atoms with E-state index in [0.29, 0.717) is 12.0 Å². The number of hydrogen-bond acceptors (Lipinski definition) is 1. The Labute approximate surface area is 129 Å². The molecule has 0 atom stereocenters. The summed E-state index contributed by atoms with van der Waals surface area (Å²) < 4.78 is 0. The van der Waals surface area contributed by atoms with Crippen LogP contribution in [0.5, 0.6) is 0 Å². The summed E-state index contributed by atoms with van der Waals surface area (Å²) in [5.74, 6) is 0.696. The van der Waals surface area contributed by atoms with Gasteiger partial charge in [-0.15, -0.1) is 0 Å². The molecule has 0 saturated heterocycles. The van der Waals surface area contributed by atoms with Crippen LogP contribution < -0.4 is 5.32 Å². The van der Waals surface area contributed by atoms with E-state index in [1.165, 1.54) is 22.3 Å². The van der Waals surface area contributed by atoms with Crippen molar-refractivity contribution in [1.82, 2.24) is 5.32 Å². The third-order valence-electron chi connectivity index (χ3n) is 3.55. The molecule has 0 spiro atoms. The highest BCUT2D eigenvalue weighted by Gasteiger charge is 2.03. The van der Waals surface area contributed by atoms with Crippen molar-refractivity contribution in [3.8, 4) is 11.1 Å². The summed E-state index contributed by atoms with van der Waals surface area (Å²) in [4.78, 5) is 0. The minimum atomic E-state index is 0.517. The highest BCUT2D eigenvalue weighted by molar-refractivity contribution is 5.65. The van der Waals surface area contributed by atoms with Crippen LogP contribution in [0, 0.1) is 5.92 Å². The van der Waals surface area contributed by atoms with Crippen LogP contribution in [0.4, 0.5) is 0 Å². The summed E-state index contributed by atoms with van der Waals surface area (Å²) in [5.41, 5.74) is 5.40. The molecule has 0 aliphatic carbocycles. The first kappa shape index (κ1) is 15.8. The number of benzene rings is 2. The fourth-order valence-corrected chi connectivity index (χ4v) is 2.53. The fraction of sp³-hybridized carbons (Fsp3) is 0.400. The maximum atomic E-state index is 3.48. The molecule has 2 aromatic rings. The Morgan fingerprint density at radius 3 is 1.95 bits per heavy atom. The quantitative estimate of drug-likeness (QED) is 0.781. The minimum Gasteiger partial charge on any atom is -0.310 e. The van der Waals surface area contributed by atoms with Gasteiger partial charge in [0.25, 0.3) is 0 Å². The highest BCUT2D eigenvalue weighted by atomic mass is 14.9. The molecule has 0 fully saturated rings. The average molecular weight is 281 g/mol. The highest BCUT2D eigenvalue weighted by Crippen LogP contribution is 2.22. The van der Waals surface area contributed by atoms with Crippen molar-refractivity contribution < 1.29 is 0 Å². The monoisotopic (exact) mass is 281 g/mol. The molecule has 1 N–H and O–H groups in total. The minimum absolute atomic E-state index is 0.517. The Morgan fingerprint density at radius 1 is 0.810 bits per heavy atom. The third kappa shape index (κ3) is 5.02. The van der Waals surface area contributed by atoms with Crippen molar-refractivity contribution in [2.75, 3.05) is 0 Å². The van der Waals surface area contributed by atoms with Gasteiger partial charge in [-0.3, -0.25) is 0 Å². The van der Waals surface area contributed by atoms with Crippen molar-refractivity contribution in [3.63, 3.8) is 0 Å². The predicted octanol–water partition coefficient (Wildman–Crippen LogP) is 5.05. The van der Waals surface area contributed by atoms with E-state index < -0.39 is 0 Å². The first-order chi connectivity index (χ1) is 10.0. The standard InChI is InChI=1S/C20H27N/c1-15(2)11-17-7-5-9-19(12-17)20-10-6-8-18(13-20)14-21-16(3)4/h5-10,12-13,15-16,21H,11,14H2,1-4H3. The lowest BCUT2D eigenvalue weighted by Crippen LogP contribution is -2.21. The molecular weight excluding hydrogens is 254 g/mol. The third-order valence-corrected chi connectivity index (χ3v) is 3.55. The predicted molar refractivity (Wildman–Crippen MR) is 92.4 cm³/mol. The Balaban J connectivity index is 2.19. The van der Waals surface area contributed by atoms with Crippen molar-refractivity contribution >= 4 is 0 Å². The van der Waals surface area contributed by atoms with Gasteiger partial charge in [-0.05, 0) is 40.7 Å². The van der Waals surface area contributed by atoms with Gasteiger partial charge in [0, 0.05) is 12.6 Å². The second-order valence-electron chi connectivity index (χ2n) is 6.53. The lowest BCUT2D eigenvalue weighted by molar-refractivity contribution is 0.589. The van der Waals surface area contributed by atoms with Crippen LogP contribution >= 0.6 is 0 Å². The molecule has 0 aromatic heterocycles. The molecule has 0 saturated carbocycles. The molecule has 0 unspecified atom stereocenters. The van der Waals surface area contributed by atoms with Gasteiger partial charge in [0.2, 0.25) is 0 Å². The van der Waals surface area contributed by atoms with Gasteiger partial charge < -0.3 is 5.32 Å². The van der Waals surface area contributed by atoms with Gasteiger partial charge in [-0.1, -0.05) is 70.2 Å². The molecule has 0 bridgehead atoms. The summed E-state index contributed by atoms with van der Waals surface area (Å²) in [6, 6.07) is 18.3. The maximum Gasteiger partial charge on any atom is 0.0208 e. The molecule has 0 radical (unpaired) electrons. The molecule has 0 heterocycles. The maximum absolute atomic E-state index is 3.48.